The lowest BCUT2D eigenvalue weighted by Crippen LogP contribution is -2.43. The van der Waals surface area contributed by atoms with Crippen LogP contribution >= 0.6 is 23.8 Å². The fourth-order valence-electron chi connectivity index (χ4n) is 2.96. The van der Waals surface area contributed by atoms with Gasteiger partial charge in [0.15, 0.2) is 0 Å². The monoisotopic (exact) mass is 310 g/mol. The average Bonchev–Trinajstić information content (AvgIpc) is 2.26. The van der Waals surface area contributed by atoms with Crippen LogP contribution in [0.5, 0.6) is 0 Å². The minimum Gasteiger partial charge on any atom is -0.390 e. The van der Waals surface area contributed by atoms with Crippen LogP contribution in [0.15, 0.2) is 0 Å². The van der Waals surface area contributed by atoms with Crippen molar-refractivity contribution < 1.29 is 10.2 Å². The van der Waals surface area contributed by atoms with E-state index in [4.69, 9.17) is 0 Å². The van der Waals surface area contributed by atoms with Crippen LogP contribution in [0.3, 0.4) is 0 Å². The van der Waals surface area contributed by atoms with Gasteiger partial charge in [0.05, 0.1) is 12.2 Å². The van der Waals surface area contributed by atoms with E-state index < -0.39 is 19.4 Å². The summed E-state index contributed by atoms with van der Waals surface area (Å²) < 4.78 is 0. The normalized spacial score (nSPS) is 16.7. The second kappa shape index (κ2) is 8.20. The molecule has 0 aromatic heterocycles. The molecule has 2 atom stereocenters. The predicted molar refractivity (Wildman–Crippen MR) is 89.4 cm³/mol. The Hall–Kier alpha value is 0.837. The largest absolute Gasteiger partial charge is 0.390 e. The Morgan fingerprint density at radius 2 is 1.28 bits per heavy atom. The fourth-order valence-corrected chi connectivity index (χ4v) is 13.3. The quantitative estimate of drug-likeness (QED) is 0.474. The summed E-state index contributed by atoms with van der Waals surface area (Å²) in [6, 6.07) is 0. The molecule has 2 N–H and O–H groups in total. The van der Waals surface area contributed by atoms with Crippen LogP contribution in [-0.4, -0.2) is 41.2 Å². The number of hydrogen-bond acceptors (Lipinski definition) is 4. The van der Waals surface area contributed by atoms with Gasteiger partial charge >= 0.3 is 0 Å². The number of aliphatic hydroxyl groups excluding tert-OH is 2. The third-order valence-electron chi connectivity index (χ3n) is 3.84. The van der Waals surface area contributed by atoms with Crippen LogP contribution in [0.25, 0.3) is 0 Å². The Morgan fingerprint density at radius 1 is 0.889 bits per heavy atom. The van der Waals surface area contributed by atoms with Crippen molar-refractivity contribution in [3.8, 4) is 0 Å². The number of rotatable bonds is 8. The molecule has 2 nitrogen and oxygen atoms in total. The molecule has 110 valence electrons. The predicted octanol–water partition coefficient (Wildman–Crippen LogP) is 3.55. The molecule has 2 unspecified atom stereocenters. The van der Waals surface area contributed by atoms with Gasteiger partial charge in [-0.2, -0.15) is 23.8 Å². The number of aliphatic hydroxyl groups is 2. The maximum absolute atomic E-state index is 9.93. The molecule has 0 bridgehead atoms. The highest BCUT2D eigenvalue weighted by molar-refractivity contribution is 8.29. The second-order valence-corrected chi connectivity index (χ2v) is 15.1. The molecule has 18 heavy (non-hydrogen) atoms. The van der Waals surface area contributed by atoms with Crippen LogP contribution in [0.4, 0.5) is 0 Å². The highest BCUT2D eigenvalue weighted by atomic mass is 32.4. The van der Waals surface area contributed by atoms with Gasteiger partial charge in [0, 0.05) is 11.5 Å². The molecule has 0 aliphatic rings. The Bertz CT molecular complexity index is 213. The highest BCUT2D eigenvalue weighted by Crippen LogP contribution is 2.49. The van der Waals surface area contributed by atoms with Crippen molar-refractivity contribution in [3.05, 3.63) is 0 Å². The van der Waals surface area contributed by atoms with Crippen molar-refractivity contribution in [2.45, 2.75) is 70.4 Å². The molecular formula is C13H30O2S2Si. The first-order valence-electron chi connectivity index (χ1n) is 6.81. The Morgan fingerprint density at radius 3 is 1.56 bits per heavy atom. The maximum atomic E-state index is 9.93. The minimum absolute atomic E-state index is 0.321. The van der Waals surface area contributed by atoms with E-state index in [9.17, 15) is 10.2 Å². The van der Waals surface area contributed by atoms with Crippen LogP contribution in [0, 0.1) is 0 Å². The van der Waals surface area contributed by atoms with Gasteiger partial charge in [0.1, 0.15) is 7.22 Å². The van der Waals surface area contributed by atoms with Crippen molar-refractivity contribution >= 4 is 31.1 Å². The lowest BCUT2D eigenvalue weighted by molar-refractivity contribution is 0.0503. The average molecular weight is 311 g/mol. The summed E-state index contributed by atoms with van der Waals surface area (Å²) in [5.41, 5.74) is 2.01. The van der Waals surface area contributed by atoms with E-state index in [0.717, 1.165) is 0 Å². The zero-order chi connectivity index (χ0) is 14.5. The zero-order valence-electron chi connectivity index (χ0n) is 12.6. The third-order valence-corrected chi connectivity index (χ3v) is 16.9. The van der Waals surface area contributed by atoms with E-state index in [1.165, 1.54) is 0 Å². The van der Waals surface area contributed by atoms with E-state index >= 15 is 0 Å². The van der Waals surface area contributed by atoms with Gasteiger partial charge in [0.2, 0.25) is 0 Å². The first-order valence-corrected chi connectivity index (χ1v) is 11.4. The third kappa shape index (κ3) is 4.44. The number of hydrogen-bond donors (Lipinski definition) is 3. The van der Waals surface area contributed by atoms with Crippen molar-refractivity contribution in [1.82, 2.24) is 0 Å². The summed E-state index contributed by atoms with van der Waals surface area (Å²) in [7, 11) is -1.53. The van der Waals surface area contributed by atoms with Gasteiger partial charge < -0.3 is 10.2 Å². The number of thiol groups is 1. The molecular weight excluding hydrogens is 280 g/mol. The van der Waals surface area contributed by atoms with Gasteiger partial charge in [-0.05, 0) is 16.6 Å². The van der Waals surface area contributed by atoms with Gasteiger partial charge in [-0.3, -0.25) is 0 Å². The van der Waals surface area contributed by atoms with Crippen molar-refractivity contribution in [3.63, 3.8) is 0 Å². The van der Waals surface area contributed by atoms with E-state index in [1.54, 1.807) is 0 Å². The van der Waals surface area contributed by atoms with Gasteiger partial charge in [-0.1, -0.05) is 41.5 Å². The van der Waals surface area contributed by atoms with Gasteiger partial charge in [0.25, 0.3) is 0 Å². The first-order chi connectivity index (χ1) is 8.20. The Balaban J connectivity index is 4.81. The SMILES string of the molecule is CC(C)[Si](SCC(O)C(O)CS)(C(C)C)C(C)C. The smallest absolute Gasteiger partial charge is 0.125 e. The van der Waals surface area contributed by atoms with Crippen molar-refractivity contribution in [1.29, 1.82) is 0 Å². The Labute approximate surface area is 123 Å². The van der Waals surface area contributed by atoms with Crippen molar-refractivity contribution in [2.24, 2.45) is 0 Å². The maximum Gasteiger partial charge on any atom is 0.125 e. The molecule has 0 rings (SSSR count). The molecule has 0 fully saturated rings. The minimum atomic E-state index is -1.53. The van der Waals surface area contributed by atoms with E-state index in [-0.39, 0.29) is 0 Å². The lowest BCUT2D eigenvalue weighted by atomic mass is 10.3. The lowest BCUT2D eigenvalue weighted by Gasteiger charge is -2.43. The summed E-state index contributed by atoms with van der Waals surface area (Å²) in [6.45, 7) is 13.8. The summed E-state index contributed by atoms with van der Waals surface area (Å²) >= 11 is 5.97. The Kier molecular flexibility index (Phi) is 8.58. The van der Waals surface area contributed by atoms with Crippen molar-refractivity contribution in [2.75, 3.05) is 11.5 Å². The molecule has 0 aliphatic carbocycles. The summed E-state index contributed by atoms with van der Waals surface area (Å²) in [6.07, 6.45) is -1.37. The molecule has 5 heteroatoms. The highest BCUT2D eigenvalue weighted by Gasteiger charge is 2.43. The second-order valence-electron chi connectivity index (χ2n) is 5.95. The summed E-state index contributed by atoms with van der Waals surface area (Å²) in [4.78, 5) is 0. The van der Waals surface area contributed by atoms with Gasteiger partial charge in [-0.25, -0.2) is 0 Å². The topological polar surface area (TPSA) is 40.5 Å². The van der Waals surface area contributed by atoms with Crippen LogP contribution in [-0.2, 0) is 0 Å². The standard InChI is InChI=1S/C13H30O2S2Si/c1-9(2)18(10(3)4,11(5)6)17-8-13(15)12(14)7-16/h9-16H,7-8H2,1-6H3. The molecule has 0 spiro atoms. The molecule has 0 saturated carbocycles. The van der Waals surface area contributed by atoms with Crippen LogP contribution < -0.4 is 0 Å². The van der Waals surface area contributed by atoms with E-state index in [0.29, 0.717) is 28.1 Å². The van der Waals surface area contributed by atoms with E-state index in [1.807, 2.05) is 11.2 Å². The molecule has 0 amide bonds. The molecule has 0 aromatic carbocycles. The molecule has 0 radical (unpaired) electrons. The molecule has 0 heterocycles. The summed E-state index contributed by atoms with van der Waals surface area (Å²) in [5.74, 6) is 0.948. The first kappa shape index (κ1) is 18.8. The van der Waals surface area contributed by atoms with Crippen LogP contribution in [0.2, 0.25) is 16.6 Å². The molecule has 0 saturated heterocycles. The summed E-state index contributed by atoms with van der Waals surface area (Å²) in [5, 5.41) is 19.5. The van der Waals surface area contributed by atoms with Crippen LogP contribution in [0.1, 0.15) is 41.5 Å². The fraction of sp³-hybridized carbons (Fsp3) is 1.00. The zero-order valence-corrected chi connectivity index (χ0v) is 15.3. The molecule has 0 aliphatic heterocycles. The molecule has 0 aromatic rings. The van der Waals surface area contributed by atoms with E-state index in [2.05, 4.69) is 54.2 Å². The van der Waals surface area contributed by atoms with Gasteiger partial charge in [-0.15, -0.1) is 0 Å².